The molecule has 0 spiro atoms. The molecule has 7 nitrogen and oxygen atoms in total. The lowest BCUT2D eigenvalue weighted by Crippen LogP contribution is -2.38. The SMILES string of the molecule is C=CCOC(=O)C1=C(C)N=C2SC=C(CC(=O)NCCOC)N2C1c1ccc(Cl)cc1. The predicted octanol–water partition coefficient (Wildman–Crippen LogP) is 3.80. The fourth-order valence-electron chi connectivity index (χ4n) is 3.32. The molecular formula is C22H24ClN3O4S. The molecule has 3 rings (SSSR count). The van der Waals surface area contributed by atoms with Gasteiger partial charge in [-0.2, -0.15) is 0 Å². The Balaban J connectivity index is 1.95. The summed E-state index contributed by atoms with van der Waals surface area (Å²) in [7, 11) is 1.58. The molecule has 2 aliphatic heterocycles. The third-order valence-corrected chi connectivity index (χ3v) is 5.85. The van der Waals surface area contributed by atoms with Crippen molar-refractivity contribution in [1.82, 2.24) is 10.2 Å². The van der Waals surface area contributed by atoms with Crippen LogP contribution in [-0.2, 0) is 19.1 Å². The zero-order valence-electron chi connectivity index (χ0n) is 17.4. The van der Waals surface area contributed by atoms with Gasteiger partial charge in [0.2, 0.25) is 5.91 Å². The lowest BCUT2D eigenvalue weighted by Gasteiger charge is -2.36. The number of fused-ring (bicyclic) bond motifs is 1. The molecule has 0 aromatic heterocycles. The molecule has 0 aliphatic carbocycles. The summed E-state index contributed by atoms with van der Waals surface area (Å²) in [5, 5.41) is 6.02. The van der Waals surface area contributed by atoms with Crippen molar-refractivity contribution < 1.29 is 19.1 Å². The third kappa shape index (κ3) is 5.39. The van der Waals surface area contributed by atoms with Crippen LogP contribution < -0.4 is 5.32 Å². The lowest BCUT2D eigenvalue weighted by atomic mass is 9.94. The number of thioether (sulfide) groups is 1. The Hall–Kier alpha value is -2.55. The first-order chi connectivity index (χ1) is 15.0. The van der Waals surface area contributed by atoms with E-state index in [1.807, 2.05) is 22.4 Å². The van der Waals surface area contributed by atoms with Crippen molar-refractivity contribution in [2.75, 3.05) is 26.9 Å². The molecule has 1 amide bonds. The summed E-state index contributed by atoms with van der Waals surface area (Å²) < 4.78 is 10.3. The molecule has 2 aliphatic rings. The van der Waals surface area contributed by atoms with Crippen LogP contribution in [0, 0.1) is 0 Å². The van der Waals surface area contributed by atoms with Crippen molar-refractivity contribution in [3.05, 3.63) is 69.9 Å². The van der Waals surface area contributed by atoms with E-state index in [4.69, 9.17) is 21.1 Å². The monoisotopic (exact) mass is 461 g/mol. The van der Waals surface area contributed by atoms with Gasteiger partial charge in [-0.15, -0.1) is 0 Å². The number of benzene rings is 1. The van der Waals surface area contributed by atoms with Gasteiger partial charge in [-0.05, 0) is 30.0 Å². The van der Waals surface area contributed by atoms with Crippen LogP contribution >= 0.6 is 23.4 Å². The van der Waals surface area contributed by atoms with Crippen molar-refractivity contribution in [1.29, 1.82) is 0 Å². The minimum absolute atomic E-state index is 0.0961. The molecule has 0 saturated heterocycles. The number of aliphatic imine (C=N–C) groups is 1. The molecule has 0 saturated carbocycles. The molecule has 0 radical (unpaired) electrons. The molecule has 31 heavy (non-hydrogen) atoms. The summed E-state index contributed by atoms with van der Waals surface area (Å²) in [6.07, 6.45) is 1.66. The van der Waals surface area contributed by atoms with Crippen LogP contribution in [0.3, 0.4) is 0 Å². The van der Waals surface area contributed by atoms with Gasteiger partial charge in [-0.3, -0.25) is 4.79 Å². The molecule has 1 atom stereocenters. The van der Waals surface area contributed by atoms with Crippen LogP contribution in [0.25, 0.3) is 0 Å². The van der Waals surface area contributed by atoms with Gasteiger partial charge < -0.3 is 19.7 Å². The van der Waals surface area contributed by atoms with E-state index in [1.165, 1.54) is 17.8 Å². The number of amidine groups is 1. The van der Waals surface area contributed by atoms with Crippen LogP contribution in [0.15, 0.2) is 64.3 Å². The van der Waals surface area contributed by atoms with Gasteiger partial charge in [0.25, 0.3) is 0 Å². The molecular weight excluding hydrogens is 438 g/mol. The molecule has 1 aromatic rings. The number of ether oxygens (including phenoxy) is 2. The fourth-order valence-corrected chi connectivity index (χ4v) is 4.41. The molecule has 2 heterocycles. The number of esters is 1. The molecule has 1 N–H and O–H groups in total. The quantitative estimate of drug-likeness (QED) is 0.342. The minimum Gasteiger partial charge on any atom is -0.458 e. The van der Waals surface area contributed by atoms with Crippen molar-refractivity contribution in [3.63, 3.8) is 0 Å². The van der Waals surface area contributed by atoms with E-state index in [2.05, 4.69) is 16.9 Å². The highest BCUT2D eigenvalue weighted by molar-refractivity contribution is 8.16. The molecule has 164 valence electrons. The van der Waals surface area contributed by atoms with E-state index in [0.717, 1.165) is 11.3 Å². The van der Waals surface area contributed by atoms with Crippen LogP contribution in [0.4, 0.5) is 0 Å². The number of rotatable bonds is 9. The van der Waals surface area contributed by atoms with Crippen LogP contribution in [0.2, 0.25) is 5.02 Å². The van der Waals surface area contributed by atoms with Gasteiger partial charge in [0.1, 0.15) is 6.61 Å². The Labute approximate surface area is 190 Å². The van der Waals surface area contributed by atoms with E-state index < -0.39 is 12.0 Å². The summed E-state index contributed by atoms with van der Waals surface area (Å²) in [4.78, 5) is 31.9. The maximum absolute atomic E-state index is 12.9. The van der Waals surface area contributed by atoms with Crippen LogP contribution in [0.5, 0.6) is 0 Å². The maximum atomic E-state index is 12.9. The second kappa shape index (κ2) is 10.7. The number of allylic oxidation sites excluding steroid dienone is 1. The van der Waals surface area contributed by atoms with E-state index in [-0.39, 0.29) is 18.9 Å². The average Bonchev–Trinajstić information content (AvgIpc) is 3.13. The van der Waals surface area contributed by atoms with Gasteiger partial charge in [-0.25, -0.2) is 9.79 Å². The number of nitrogens with one attached hydrogen (secondary N) is 1. The van der Waals surface area contributed by atoms with Gasteiger partial charge in [0, 0.05) is 24.4 Å². The topological polar surface area (TPSA) is 80.2 Å². The number of carbonyl (C=O) groups is 2. The second-order valence-corrected chi connectivity index (χ2v) is 8.12. The zero-order chi connectivity index (χ0) is 22.4. The molecule has 9 heteroatoms. The Morgan fingerprint density at radius 2 is 2.10 bits per heavy atom. The summed E-state index contributed by atoms with van der Waals surface area (Å²) in [6, 6.07) is 6.78. The van der Waals surface area contributed by atoms with Gasteiger partial charge in [-0.1, -0.05) is 48.2 Å². The van der Waals surface area contributed by atoms with Gasteiger partial charge >= 0.3 is 5.97 Å². The predicted molar refractivity (Wildman–Crippen MR) is 122 cm³/mol. The van der Waals surface area contributed by atoms with Gasteiger partial charge in [0.05, 0.1) is 30.3 Å². The standard InChI is InChI=1S/C22H24ClN3O4S/c1-4-10-30-21(28)19-14(2)25-22-26(20(19)15-5-7-16(23)8-6-15)17(13-31-22)12-18(27)24-9-11-29-3/h4-8,13,20H,1,9-12H2,2-3H3,(H,24,27). The highest BCUT2D eigenvalue weighted by Crippen LogP contribution is 2.44. The molecule has 1 unspecified atom stereocenters. The number of methoxy groups -OCH3 is 1. The number of nitrogens with zero attached hydrogens (tertiary/aromatic N) is 2. The number of halogens is 1. The minimum atomic E-state index is -0.491. The smallest absolute Gasteiger partial charge is 0.338 e. The summed E-state index contributed by atoms with van der Waals surface area (Å²) in [5.74, 6) is -0.608. The highest BCUT2D eigenvalue weighted by atomic mass is 35.5. The number of hydrogen-bond donors (Lipinski definition) is 1. The fraction of sp³-hybridized carbons (Fsp3) is 0.318. The summed E-state index contributed by atoms with van der Waals surface area (Å²) in [5.41, 5.74) is 2.59. The Kier molecular flexibility index (Phi) is 7.95. The Morgan fingerprint density at radius 3 is 2.77 bits per heavy atom. The van der Waals surface area contributed by atoms with Crippen molar-refractivity contribution in [3.8, 4) is 0 Å². The van der Waals surface area contributed by atoms with Crippen molar-refractivity contribution in [2.24, 2.45) is 4.99 Å². The summed E-state index contributed by atoms with van der Waals surface area (Å²) in [6.45, 7) is 6.34. The number of carbonyl (C=O) groups excluding carboxylic acids is 2. The Morgan fingerprint density at radius 1 is 1.35 bits per heavy atom. The number of amides is 1. The van der Waals surface area contributed by atoms with E-state index in [0.29, 0.717) is 34.6 Å². The van der Waals surface area contributed by atoms with Gasteiger partial charge in [0.15, 0.2) is 5.17 Å². The average molecular weight is 462 g/mol. The normalized spacial score (nSPS) is 17.6. The number of hydrogen-bond acceptors (Lipinski definition) is 7. The highest BCUT2D eigenvalue weighted by Gasteiger charge is 2.41. The zero-order valence-corrected chi connectivity index (χ0v) is 19.0. The molecule has 1 aromatic carbocycles. The van der Waals surface area contributed by atoms with Crippen LogP contribution in [-0.4, -0.2) is 48.8 Å². The second-order valence-electron chi connectivity index (χ2n) is 6.85. The molecule has 0 fully saturated rings. The summed E-state index contributed by atoms with van der Waals surface area (Å²) >= 11 is 7.51. The van der Waals surface area contributed by atoms with Crippen molar-refractivity contribution >= 4 is 40.4 Å². The Bertz CT molecular complexity index is 956. The lowest BCUT2D eigenvalue weighted by molar-refractivity contribution is -0.138. The maximum Gasteiger partial charge on any atom is 0.338 e. The van der Waals surface area contributed by atoms with E-state index in [1.54, 1.807) is 26.2 Å². The van der Waals surface area contributed by atoms with Crippen LogP contribution in [0.1, 0.15) is 24.9 Å². The van der Waals surface area contributed by atoms with E-state index in [9.17, 15) is 9.59 Å². The first-order valence-corrected chi connectivity index (χ1v) is 11.0. The third-order valence-electron chi connectivity index (χ3n) is 4.71. The molecule has 0 bridgehead atoms. The van der Waals surface area contributed by atoms with Crippen molar-refractivity contribution in [2.45, 2.75) is 19.4 Å². The first kappa shape index (κ1) is 23.1. The first-order valence-electron chi connectivity index (χ1n) is 9.69. The largest absolute Gasteiger partial charge is 0.458 e. The van der Waals surface area contributed by atoms with E-state index >= 15 is 0 Å².